The number of fused-ring (bicyclic) bond motifs is 1. The van der Waals surface area contributed by atoms with Gasteiger partial charge in [0, 0.05) is 0 Å². The van der Waals surface area contributed by atoms with Crippen LogP contribution in [0.3, 0.4) is 0 Å². The zero-order valence-corrected chi connectivity index (χ0v) is 11.6. The number of hydrogen-bond donors (Lipinski definition) is 0. The second-order valence-electron chi connectivity index (χ2n) is 6.40. The molecule has 0 aromatic carbocycles. The molecule has 1 saturated heterocycles. The average Bonchev–Trinajstić information content (AvgIpc) is 2.37. The van der Waals surface area contributed by atoms with Gasteiger partial charge in [-0.15, -0.1) is 0 Å². The van der Waals surface area contributed by atoms with Gasteiger partial charge in [-0.1, -0.05) is 38.5 Å². The van der Waals surface area contributed by atoms with E-state index in [0.717, 1.165) is 17.0 Å². The first-order valence-corrected chi connectivity index (χ1v) is 7.15. The molecule has 0 aromatic rings. The van der Waals surface area contributed by atoms with Gasteiger partial charge in [-0.25, -0.2) is 0 Å². The van der Waals surface area contributed by atoms with Gasteiger partial charge in [-0.3, -0.25) is 0 Å². The molecule has 0 N–H and O–H groups in total. The van der Waals surface area contributed by atoms with Gasteiger partial charge < -0.3 is 0 Å². The first-order valence-electron chi connectivity index (χ1n) is 6.00. The third-order valence-corrected chi connectivity index (χ3v) is 5.41. The molecule has 1 aliphatic heterocycles. The Morgan fingerprint density at radius 2 is 2.00 bits per heavy atom. The predicted octanol–water partition coefficient (Wildman–Crippen LogP) is 4.24. The third-order valence-electron chi connectivity index (χ3n) is 3.48. The normalized spacial score (nSPS) is 33.9. The number of rotatable bonds is 1. The molecule has 82 valence electrons. The summed E-state index contributed by atoms with van der Waals surface area (Å²) in [6.45, 7) is 11.6. The van der Waals surface area contributed by atoms with E-state index in [1.807, 2.05) is 0 Å². The molecule has 1 aliphatic carbocycles. The summed E-state index contributed by atoms with van der Waals surface area (Å²) in [6.07, 6.45) is 6.23. The van der Waals surface area contributed by atoms with Gasteiger partial charge in [0.15, 0.2) is 0 Å². The minimum atomic E-state index is 0.498. The van der Waals surface area contributed by atoms with Crippen molar-refractivity contribution in [3.63, 3.8) is 0 Å². The molecule has 0 amide bonds. The van der Waals surface area contributed by atoms with Crippen LogP contribution in [-0.4, -0.2) is 9.52 Å². The smallest absolute Gasteiger partial charge is 0.0514 e. The minimum Gasteiger partial charge on any atom is -0.0837 e. The van der Waals surface area contributed by atoms with E-state index < -0.39 is 0 Å². The van der Waals surface area contributed by atoms with Gasteiger partial charge in [-0.2, -0.15) is 0 Å². The van der Waals surface area contributed by atoms with Crippen molar-refractivity contribution < 1.29 is 0 Å². The Morgan fingerprint density at radius 1 is 1.33 bits per heavy atom. The second-order valence-corrected chi connectivity index (χ2v) is 8.15. The quantitative estimate of drug-likeness (QED) is 0.578. The van der Waals surface area contributed by atoms with E-state index in [1.54, 1.807) is 5.57 Å². The second kappa shape index (κ2) is 3.62. The Kier molecular flexibility index (Phi) is 2.70. The van der Waals surface area contributed by atoms with E-state index in [9.17, 15) is 0 Å². The van der Waals surface area contributed by atoms with Crippen molar-refractivity contribution in [1.29, 1.82) is 0 Å². The summed E-state index contributed by atoms with van der Waals surface area (Å²) in [6, 6.07) is 0. The lowest BCUT2D eigenvalue weighted by Gasteiger charge is -2.44. The zero-order valence-electron chi connectivity index (χ0n) is 10.6. The summed E-state index contributed by atoms with van der Waals surface area (Å²) < 4.78 is 0. The lowest BCUT2D eigenvalue weighted by molar-refractivity contribution is 0.320. The Bertz CT molecular complexity index is 313. The van der Waals surface area contributed by atoms with Crippen molar-refractivity contribution in [2.45, 2.75) is 52.1 Å². The highest BCUT2D eigenvalue weighted by Gasteiger charge is 2.45. The minimum absolute atomic E-state index is 0.498. The highest BCUT2D eigenvalue weighted by atomic mass is 28.2. The molecule has 1 heteroatoms. The summed E-state index contributed by atoms with van der Waals surface area (Å²) in [5.74, 6) is 0.882. The Hall–Kier alpha value is -0.303. The van der Waals surface area contributed by atoms with Crippen molar-refractivity contribution in [1.82, 2.24) is 0 Å². The molecule has 0 aromatic heterocycles. The monoisotopic (exact) mass is 218 g/mol. The Balaban J connectivity index is 2.08. The van der Waals surface area contributed by atoms with Crippen molar-refractivity contribution >= 4 is 9.52 Å². The molecule has 0 saturated carbocycles. The van der Waals surface area contributed by atoms with Crippen LogP contribution >= 0.6 is 0 Å². The molecule has 2 aliphatic rings. The van der Waals surface area contributed by atoms with Crippen LogP contribution < -0.4 is 0 Å². The third kappa shape index (κ3) is 2.12. The van der Waals surface area contributed by atoms with Crippen molar-refractivity contribution in [2.24, 2.45) is 11.3 Å². The van der Waals surface area contributed by atoms with Crippen LogP contribution in [0.5, 0.6) is 0 Å². The SMILES string of the molecule is CC(C)=C1C=C[C@H]2[Si][C@@H](CC(C)(C)C)[C@@H]12. The van der Waals surface area contributed by atoms with Crippen LogP contribution in [0.4, 0.5) is 0 Å². The van der Waals surface area contributed by atoms with Crippen LogP contribution in [0, 0.1) is 11.3 Å². The zero-order chi connectivity index (χ0) is 11.2. The summed E-state index contributed by atoms with van der Waals surface area (Å²) >= 11 is 0. The summed E-state index contributed by atoms with van der Waals surface area (Å²) in [5, 5.41) is 0. The van der Waals surface area contributed by atoms with Gasteiger partial charge in [0.25, 0.3) is 0 Å². The van der Waals surface area contributed by atoms with Crippen molar-refractivity contribution in [2.75, 3.05) is 0 Å². The molecule has 2 rings (SSSR count). The van der Waals surface area contributed by atoms with E-state index >= 15 is 0 Å². The van der Waals surface area contributed by atoms with E-state index in [4.69, 9.17) is 0 Å². The first-order chi connectivity index (χ1) is 6.88. The molecule has 0 unspecified atom stereocenters. The molecule has 3 atom stereocenters. The van der Waals surface area contributed by atoms with Crippen LogP contribution in [0.1, 0.15) is 41.0 Å². The maximum absolute atomic E-state index is 2.45. The maximum Gasteiger partial charge on any atom is 0.0514 e. The van der Waals surface area contributed by atoms with Gasteiger partial charge >= 0.3 is 0 Å². The predicted molar refractivity (Wildman–Crippen MR) is 68.3 cm³/mol. The van der Waals surface area contributed by atoms with Crippen LogP contribution in [0.15, 0.2) is 23.3 Å². The molecule has 0 bridgehead atoms. The molecule has 15 heavy (non-hydrogen) atoms. The number of allylic oxidation sites excluding steroid dienone is 4. The molecular formula is C14H22Si. The maximum atomic E-state index is 2.45. The van der Waals surface area contributed by atoms with Crippen molar-refractivity contribution in [3.05, 3.63) is 23.3 Å². The van der Waals surface area contributed by atoms with Crippen LogP contribution in [0.25, 0.3) is 0 Å². The fourth-order valence-corrected chi connectivity index (χ4v) is 5.15. The lowest BCUT2D eigenvalue weighted by atomic mass is 9.82. The summed E-state index contributed by atoms with van der Waals surface area (Å²) in [7, 11) is 1.18. The largest absolute Gasteiger partial charge is 0.0837 e. The van der Waals surface area contributed by atoms with Crippen molar-refractivity contribution in [3.8, 4) is 0 Å². The topological polar surface area (TPSA) is 0 Å². The van der Waals surface area contributed by atoms with Gasteiger partial charge in [0.1, 0.15) is 0 Å². The van der Waals surface area contributed by atoms with E-state index in [-0.39, 0.29) is 0 Å². The average molecular weight is 218 g/mol. The molecule has 0 spiro atoms. The van der Waals surface area contributed by atoms with Crippen LogP contribution in [-0.2, 0) is 0 Å². The molecular weight excluding hydrogens is 196 g/mol. The first kappa shape index (κ1) is 11.2. The standard InChI is InChI=1S/C14H22Si/c1-9(2)10-6-7-11-13(10)12(15-11)8-14(3,4)5/h6-7,11-13H,8H2,1-5H3/t11-,12+,13+/m1/s1. The van der Waals surface area contributed by atoms with Gasteiger partial charge in [-0.05, 0) is 48.3 Å². The summed E-state index contributed by atoms with van der Waals surface area (Å²) in [5.41, 5.74) is 5.55. The Labute approximate surface area is 96.7 Å². The number of hydrogen-bond acceptors (Lipinski definition) is 0. The molecule has 0 nitrogen and oxygen atoms in total. The lowest BCUT2D eigenvalue weighted by Crippen LogP contribution is -2.36. The fraction of sp³-hybridized carbons (Fsp3) is 0.714. The van der Waals surface area contributed by atoms with Gasteiger partial charge in [0.2, 0.25) is 0 Å². The highest BCUT2D eigenvalue weighted by Crippen LogP contribution is 2.56. The van der Waals surface area contributed by atoms with Gasteiger partial charge in [0.05, 0.1) is 9.52 Å². The molecule has 1 heterocycles. The fourth-order valence-electron chi connectivity index (χ4n) is 2.84. The summed E-state index contributed by atoms with van der Waals surface area (Å²) in [4.78, 5) is 0. The van der Waals surface area contributed by atoms with Crippen LogP contribution in [0.2, 0.25) is 11.1 Å². The molecule has 1 fully saturated rings. The van der Waals surface area contributed by atoms with E-state index in [0.29, 0.717) is 5.41 Å². The highest BCUT2D eigenvalue weighted by molar-refractivity contribution is 6.45. The molecule has 2 radical (unpaired) electrons. The van der Waals surface area contributed by atoms with E-state index in [2.05, 4.69) is 46.8 Å². The Morgan fingerprint density at radius 3 is 2.53 bits per heavy atom. The van der Waals surface area contributed by atoms with E-state index in [1.165, 1.54) is 21.5 Å².